The number of amides is 1. The topological polar surface area (TPSA) is 66.4 Å². The first-order chi connectivity index (χ1) is 11.0. The number of fused-ring (bicyclic) bond motifs is 1. The number of Topliss-reactive ketones (excluding diaryl/α,β-unsaturated/α-hetero) is 1. The molecule has 0 saturated heterocycles. The number of thioether (sulfide) groups is 1. The van der Waals surface area contributed by atoms with Gasteiger partial charge in [0.2, 0.25) is 0 Å². The molecule has 1 heterocycles. The van der Waals surface area contributed by atoms with Crippen LogP contribution in [0.3, 0.4) is 0 Å². The van der Waals surface area contributed by atoms with Crippen molar-refractivity contribution in [3.63, 3.8) is 0 Å². The van der Waals surface area contributed by atoms with E-state index in [4.69, 9.17) is 11.6 Å². The normalized spacial score (nSPS) is 19.3. The van der Waals surface area contributed by atoms with E-state index in [0.717, 1.165) is 4.90 Å². The van der Waals surface area contributed by atoms with Crippen molar-refractivity contribution in [1.29, 1.82) is 0 Å². The van der Waals surface area contributed by atoms with E-state index in [-0.39, 0.29) is 12.2 Å². The summed E-state index contributed by atoms with van der Waals surface area (Å²) in [5.74, 6) is -0.933. The number of hydrogen-bond acceptors (Lipinski definition) is 4. The molecule has 1 aliphatic rings. The molecule has 6 heteroatoms. The van der Waals surface area contributed by atoms with Crippen molar-refractivity contribution in [2.24, 2.45) is 0 Å². The van der Waals surface area contributed by atoms with Crippen molar-refractivity contribution < 1.29 is 14.7 Å². The largest absolute Gasteiger partial charge is 0.375 e. The molecule has 0 aliphatic carbocycles. The zero-order chi connectivity index (χ0) is 16.6. The Morgan fingerprint density at radius 3 is 2.61 bits per heavy atom. The van der Waals surface area contributed by atoms with Crippen LogP contribution in [-0.2, 0) is 10.4 Å². The van der Waals surface area contributed by atoms with Gasteiger partial charge in [-0.05, 0) is 24.5 Å². The van der Waals surface area contributed by atoms with E-state index in [0.29, 0.717) is 21.8 Å². The van der Waals surface area contributed by atoms with Crippen LogP contribution in [0.5, 0.6) is 0 Å². The third kappa shape index (κ3) is 2.76. The fourth-order valence-corrected chi connectivity index (χ4v) is 3.25. The minimum absolute atomic E-state index is 0.303. The van der Waals surface area contributed by atoms with Crippen LogP contribution in [-0.4, -0.2) is 23.1 Å². The Labute approximate surface area is 142 Å². The van der Waals surface area contributed by atoms with Gasteiger partial charge in [-0.15, -0.1) is 11.8 Å². The second kappa shape index (κ2) is 6.00. The van der Waals surface area contributed by atoms with Gasteiger partial charge in [0, 0.05) is 16.0 Å². The van der Waals surface area contributed by atoms with Crippen LogP contribution in [0.15, 0.2) is 47.4 Å². The fraction of sp³-hybridized carbons (Fsp3) is 0.176. The van der Waals surface area contributed by atoms with Gasteiger partial charge in [0.25, 0.3) is 5.91 Å². The Morgan fingerprint density at radius 1 is 1.26 bits per heavy atom. The molecule has 0 bridgehead atoms. The Morgan fingerprint density at radius 2 is 1.96 bits per heavy atom. The number of hydrogen-bond donors (Lipinski definition) is 2. The Hall–Kier alpha value is -1.82. The van der Waals surface area contributed by atoms with Gasteiger partial charge >= 0.3 is 0 Å². The van der Waals surface area contributed by atoms with Gasteiger partial charge in [0.15, 0.2) is 11.4 Å². The average molecular weight is 348 g/mol. The highest BCUT2D eigenvalue weighted by atomic mass is 35.5. The monoisotopic (exact) mass is 347 g/mol. The van der Waals surface area contributed by atoms with Crippen molar-refractivity contribution in [3.05, 3.63) is 58.6 Å². The molecular weight excluding hydrogens is 334 g/mol. The van der Waals surface area contributed by atoms with E-state index in [9.17, 15) is 14.7 Å². The Kier molecular flexibility index (Phi) is 4.19. The smallest absolute Gasteiger partial charge is 0.261 e. The number of carbonyl (C=O) groups excluding carboxylic acids is 2. The number of ketones is 1. The molecule has 0 spiro atoms. The molecule has 0 radical (unpaired) electrons. The number of halogens is 1. The highest BCUT2D eigenvalue weighted by Crippen LogP contribution is 2.42. The van der Waals surface area contributed by atoms with E-state index in [2.05, 4.69) is 5.32 Å². The zero-order valence-corrected chi connectivity index (χ0v) is 13.9. The molecule has 1 aliphatic heterocycles. The summed E-state index contributed by atoms with van der Waals surface area (Å²) in [4.78, 5) is 25.7. The Bertz CT molecular complexity index is 791. The number of rotatable bonds is 4. The molecule has 2 aromatic carbocycles. The maximum Gasteiger partial charge on any atom is 0.261 e. The predicted octanol–water partition coefficient (Wildman–Crippen LogP) is 3.47. The average Bonchev–Trinajstić information content (AvgIpc) is 2.80. The first-order valence-corrected chi connectivity index (χ1v) is 8.56. The van der Waals surface area contributed by atoms with Crippen molar-refractivity contribution in [2.75, 3.05) is 11.6 Å². The summed E-state index contributed by atoms with van der Waals surface area (Å²) in [5.41, 5.74) is -0.731. The van der Waals surface area contributed by atoms with Gasteiger partial charge in [0.1, 0.15) is 0 Å². The van der Waals surface area contributed by atoms with Gasteiger partial charge < -0.3 is 10.4 Å². The summed E-state index contributed by atoms with van der Waals surface area (Å²) >= 11 is 7.61. The highest BCUT2D eigenvalue weighted by molar-refractivity contribution is 7.98. The van der Waals surface area contributed by atoms with Gasteiger partial charge in [-0.25, -0.2) is 0 Å². The fourth-order valence-electron chi connectivity index (χ4n) is 2.62. The lowest BCUT2D eigenvalue weighted by Gasteiger charge is -2.20. The molecule has 118 valence electrons. The third-order valence-corrected chi connectivity index (χ3v) is 4.96. The third-order valence-electron chi connectivity index (χ3n) is 3.90. The van der Waals surface area contributed by atoms with E-state index in [1.54, 1.807) is 42.1 Å². The zero-order valence-electron chi connectivity index (χ0n) is 12.3. The first kappa shape index (κ1) is 16.1. The quantitative estimate of drug-likeness (QED) is 0.656. The number of carbonyl (C=O) groups is 2. The van der Waals surface area contributed by atoms with Crippen LogP contribution in [0.1, 0.15) is 22.3 Å². The van der Waals surface area contributed by atoms with Crippen molar-refractivity contribution >= 4 is 40.7 Å². The summed E-state index contributed by atoms with van der Waals surface area (Å²) in [6, 6.07) is 11.9. The summed E-state index contributed by atoms with van der Waals surface area (Å²) in [5, 5.41) is 13.7. The highest BCUT2D eigenvalue weighted by Gasteiger charge is 2.47. The van der Waals surface area contributed by atoms with Crippen molar-refractivity contribution in [3.8, 4) is 0 Å². The van der Waals surface area contributed by atoms with E-state index < -0.39 is 11.5 Å². The minimum Gasteiger partial charge on any atom is -0.375 e. The minimum atomic E-state index is -1.89. The lowest BCUT2D eigenvalue weighted by atomic mass is 9.88. The van der Waals surface area contributed by atoms with Crippen LogP contribution in [0.2, 0.25) is 5.02 Å². The summed E-state index contributed by atoms with van der Waals surface area (Å²) < 4.78 is 0. The van der Waals surface area contributed by atoms with Crippen LogP contribution in [0, 0.1) is 0 Å². The van der Waals surface area contributed by atoms with Gasteiger partial charge in [-0.3, -0.25) is 9.59 Å². The summed E-state index contributed by atoms with van der Waals surface area (Å²) in [6.45, 7) is 0. The molecule has 23 heavy (non-hydrogen) atoms. The molecule has 4 nitrogen and oxygen atoms in total. The molecule has 1 atom stereocenters. The molecule has 3 rings (SSSR count). The standard InChI is InChI=1S/C17H14ClNO3S/c1-23-11-7-5-10(6-8-11)14(20)9-17(22)12-3-2-4-13(18)15(12)19-16(17)21/h2-8,22H,9H2,1H3,(H,19,21)/t17-/m1/s1. The van der Waals surface area contributed by atoms with E-state index in [1.807, 2.05) is 18.4 Å². The van der Waals surface area contributed by atoms with Gasteiger partial charge in [-0.1, -0.05) is 35.9 Å². The molecule has 0 unspecified atom stereocenters. The number of aliphatic hydroxyl groups is 1. The van der Waals surface area contributed by atoms with Gasteiger partial charge in [0.05, 0.1) is 17.1 Å². The molecule has 0 saturated carbocycles. The molecule has 2 N–H and O–H groups in total. The molecule has 0 fully saturated rings. The molecule has 1 amide bonds. The summed E-state index contributed by atoms with van der Waals surface area (Å²) in [7, 11) is 0. The first-order valence-electron chi connectivity index (χ1n) is 6.96. The number of anilines is 1. The van der Waals surface area contributed by atoms with Crippen molar-refractivity contribution in [2.45, 2.75) is 16.9 Å². The predicted molar refractivity (Wildman–Crippen MR) is 91.1 cm³/mol. The van der Waals surface area contributed by atoms with Crippen LogP contribution < -0.4 is 5.32 Å². The number of benzene rings is 2. The van der Waals surface area contributed by atoms with Gasteiger partial charge in [-0.2, -0.15) is 0 Å². The van der Waals surface area contributed by atoms with Crippen LogP contribution in [0.25, 0.3) is 0 Å². The lowest BCUT2D eigenvalue weighted by molar-refractivity contribution is -0.133. The maximum atomic E-state index is 12.5. The van der Waals surface area contributed by atoms with Crippen molar-refractivity contribution in [1.82, 2.24) is 0 Å². The second-order valence-electron chi connectivity index (χ2n) is 5.31. The second-order valence-corrected chi connectivity index (χ2v) is 6.59. The van der Waals surface area contributed by atoms with E-state index >= 15 is 0 Å². The molecule has 0 aromatic heterocycles. The Balaban J connectivity index is 1.91. The van der Waals surface area contributed by atoms with E-state index in [1.165, 1.54) is 0 Å². The lowest BCUT2D eigenvalue weighted by Crippen LogP contribution is -2.36. The maximum absolute atomic E-state index is 12.5. The SMILES string of the molecule is CSc1ccc(C(=O)C[C@]2(O)C(=O)Nc3c(Cl)cccc32)cc1. The molecular formula is C17H14ClNO3S. The summed E-state index contributed by atoms with van der Waals surface area (Å²) in [6.07, 6.45) is 1.62. The number of para-hydroxylation sites is 1. The number of nitrogens with one attached hydrogen (secondary N) is 1. The van der Waals surface area contributed by atoms with Crippen LogP contribution >= 0.6 is 23.4 Å². The molecule has 2 aromatic rings. The van der Waals surface area contributed by atoms with Crippen LogP contribution in [0.4, 0.5) is 5.69 Å².